The monoisotopic (exact) mass is 304 g/mol. The number of aliphatic hydroxyl groups excluding tert-OH is 1. The van der Waals surface area contributed by atoms with Crippen molar-refractivity contribution in [3.63, 3.8) is 0 Å². The Morgan fingerprint density at radius 2 is 2.10 bits per heavy atom. The minimum atomic E-state index is -4.47. The number of aliphatic hydroxyl groups is 1. The van der Waals surface area contributed by atoms with Gasteiger partial charge in [0.05, 0.1) is 18.2 Å². The molecule has 5 nitrogen and oxygen atoms in total. The van der Waals surface area contributed by atoms with Crippen molar-refractivity contribution in [1.29, 1.82) is 0 Å². The number of pyridine rings is 1. The Morgan fingerprint density at radius 1 is 1.33 bits per heavy atom. The van der Waals surface area contributed by atoms with Gasteiger partial charge in [0.25, 0.3) is 0 Å². The van der Waals surface area contributed by atoms with Crippen LogP contribution in [-0.2, 0) is 6.18 Å². The maximum absolute atomic E-state index is 12.9. The molecule has 1 saturated heterocycles. The zero-order chi connectivity index (χ0) is 15.5. The number of nitrogen functional groups attached to an aromatic ring is 1. The molecular formula is C13H19F3N4O. The topological polar surface area (TPSA) is 74.4 Å². The van der Waals surface area contributed by atoms with Crippen molar-refractivity contribution in [2.45, 2.75) is 37.9 Å². The molecule has 118 valence electrons. The van der Waals surface area contributed by atoms with Crippen LogP contribution in [0.1, 0.15) is 31.2 Å². The SMILES string of the molecule is NNc1cc(C(F)(F)F)cc(N2CCCCCC2CO)n1. The van der Waals surface area contributed by atoms with Gasteiger partial charge in [-0.25, -0.2) is 10.8 Å². The maximum atomic E-state index is 12.9. The van der Waals surface area contributed by atoms with Crippen molar-refractivity contribution in [2.75, 3.05) is 23.5 Å². The Hall–Kier alpha value is -1.54. The largest absolute Gasteiger partial charge is 0.416 e. The zero-order valence-corrected chi connectivity index (χ0v) is 11.5. The van der Waals surface area contributed by atoms with Gasteiger partial charge in [0, 0.05) is 6.54 Å². The lowest BCUT2D eigenvalue weighted by molar-refractivity contribution is -0.137. The summed E-state index contributed by atoms with van der Waals surface area (Å²) in [5.74, 6) is 5.36. The van der Waals surface area contributed by atoms with E-state index in [9.17, 15) is 18.3 Å². The van der Waals surface area contributed by atoms with E-state index in [1.807, 2.05) is 0 Å². The number of hydrazine groups is 1. The first-order chi connectivity index (χ1) is 9.95. The van der Waals surface area contributed by atoms with Crippen molar-refractivity contribution in [1.82, 2.24) is 4.98 Å². The number of anilines is 2. The van der Waals surface area contributed by atoms with E-state index in [0.717, 1.165) is 37.8 Å². The zero-order valence-electron chi connectivity index (χ0n) is 11.5. The number of nitrogens with zero attached hydrogens (tertiary/aromatic N) is 2. The summed E-state index contributed by atoms with van der Waals surface area (Å²) in [5.41, 5.74) is 1.36. The molecule has 4 N–H and O–H groups in total. The Kier molecular flexibility index (Phi) is 4.89. The Labute approximate surface area is 120 Å². The minimum absolute atomic E-state index is 0.0410. The van der Waals surface area contributed by atoms with E-state index < -0.39 is 11.7 Å². The van der Waals surface area contributed by atoms with Gasteiger partial charge in [-0.05, 0) is 25.0 Å². The van der Waals surface area contributed by atoms with Gasteiger partial charge in [0.2, 0.25) is 0 Å². The number of halogens is 3. The third kappa shape index (κ3) is 3.76. The van der Waals surface area contributed by atoms with E-state index in [1.165, 1.54) is 0 Å². The molecule has 1 unspecified atom stereocenters. The summed E-state index contributed by atoms with van der Waals surface area (Å²) in [6.45, 7) is 0.465. The van der Waals surface area contributed by atoms with Crippen LogP contribution < -0.4 is 16.2 Å². The number of nitrogens with two attached hydrogens (primary N) is 1. The minimum Gasteiger partial charge on any atom is -0.394 e. The highest BCUT2D eigenvalue weighted by atomic mass is 19.4. The summed E-state index contributed by atoms with van der Waals surface area (Å²) in [6, 6.07) is 1.67. The molecule has 0 amide bonds. The van der Waals surface area contributed by atoms with E-state index in [4.69, 9.17) is 5.84 Å². The molecule has 21 heavy (non-hydrogen) atoms. The summed E-state index contributed by atoms with van der Waals surface area (Å²) in [6.07, 6.45) is -0.930. The first kappa shape index (κ1) is 15.8. The average molecular weight is 304 g/mol. The highest BCUT2D eigenvalue weighted by Crippen LogP contribution is 2.34. The van der Waals surface area contributed by atoms with Gasteiger partial charge in [-0.15, -0.1) is 0 Å². The highest BCUT2D eigenvalue weighted by Gasteiger charge is 2.33. The second-order valence-corrected chi connectivity index (χ2v) is 5.12. The van der Waals surface area contributed by atoms with Crippen LogP contribution in [0.15, 0.2) is 12.1 Å². The van der Waals surface area contributed by atoms with Gasteiger partial charge in [-0.3, -0.25) is 0 Å². The normalized spacial score (nSPS) is 20.2. The van der Waals surface area contributed by atoms with Crippen molar-refractivity contribution in [3.8, 4) is 0 Å². The lowest BCUT2D eigenvalue weighted by Crippen LogP contribution is -2.38. The van der Waals surface area contributed by atoms with Gasteiger partial charge in [0.15, 0.2) is 0 Å². The number of aromatic nitrogens is 1. The smallest absolute Gasteiger partial charge is 0.394 e. The van der Waals surface area contributed by atoms with Crippen molar-refractivity contribution < 1.29 is 18.3 Å². The van der Waals surface area contributed by atoms with Crippen LogP contribution in [0.2, 0.25) is 0 Å². The fourth-order valence-corrected chi connectivity index (χ4v) is 2.57. The molecule has 8 heteroatoms. The predicted octanol–water partition coefficient (Wildman–Crippen LogP) is 2.13. The Morgan fingerprint density at radius 3 is 2.71 bits per heavy atom. The number of hydrogen-bond donors (Lipinski definition) is 3. The standard InChI is InChI=1S/C13H19F3N4O/c14-13(15,16)9-6-11(19-17)18-12(7-9)20-5-3-1-2-4-10(20)8-21/h6-7,10,21H,1-5,8,17H2,(H,18,19). The summed E-state index contributed by atoms with van der Waals surface area (Å²) in [7, 11) is 0. The first-order valence-electron chi connectivity index (χ1n) is 6.89. The van der Waals surface area contributed by atoms with Gasteiger partial charge in [0.1, 0.15) is 11.6 Å². The molecule has 1 aromatic rings. The molecule has 0 aliphatic carbocycles. The van der Waals surface area contributed by atoms with E-state index in [2.05, 4.69) is 10.4 Å². The molecular weight excluding hydrogens is 285 g/mol. The number of rotatable bonds is 3. The van der Waals surface area contributed by atoms with Gasteiger partial charge in [-0.1, -0.05) is 12.8 Å². The fraction of sp³-hybridized carbons (Fsp3) is 0.615. The van der Waals surface area contributed by atoms with Crippen LogP contribution in [0.4, 0.5) is 24.8 Å². The molecule has 1 aromatic heterocycles. The molecule has 2 heterocycles. The van der Waals surface area contributed by atoms with Crippen LogP contribution in [0, 0.1) is 0 Å². The Bertz CT molecular complexity index is 481. The van der Waals surface area contributed by atoms with Gasteiger partial charge >= 0.3 is 6.18 Å². The predicted molar refractivity (Wildman–Crippen MR) is 73.7 cm³/mol. The van der Waals surface area contributed by atoms with E-state index >= 15 is 0 Å². The molecule has 0 spiro atoms. The second kappa shape index (κ2) is 6.48. The molecule has 0 radical (unpaired) electrons. The van der Waals surface area contributed by atoms with E-state index in [1.54, 1.807) is 4.90 Å². The highest BCUT2D eigenvalue weighted by molar-refractivity contribution is 5.51. The van der Waals surface area contributed by atoms with Crippen LogP contribution in [0.3, 0.4) is 0 Å². The summed E-state index contributed by atoms with van der Waals surface area (Å²) in [5, 5.41) is 9.47. The van der Waals surface area contributed by atoms with Crippen LogP contribution >= 0.6 is 0 Å². The van der Waals surface area contributed by atoms with Crippen LogP contribution in [0.5, 0.6) is 0 Å². The molecule has 0 aromatic carbocycles. The second-order valence-electron chi connectivity index (χ2n) is 5.12. The third-order valence-electron chi connectivity index (χ3n) is 3.67. The number of hydrogen-bond acceptors (Lipinski definition) is 5. The number of alkyl halides is 3. The van der Waals surface area contributed by atoms with Crippen LogP contribution in [-0.4, -0.2) is 29.3 Å². The lowest BCUT2D eigenvalue weighted by atomic mass is 10.1. The first-order valence-corrected chi connectivity index (χ1v) is 6.89. The number of nitrogens with one attached hydrogen (secondary N) is 1. The summed E-state index contributed by atoms with van der Waals surface area (Å²) < 4.78 is 38.8. The third-order valence-corrected chi connectivity index (χ3v) is 3.67. The molecule has 1 atom stereocenters. The molecule has 0 bridgehead atoms. The molecule has 1 aliphatic heterocycles. The Balaban J connectivity index is 2.40. The average Bonchev–Trinajstić information content (AvgIpc) is 2.70. The van der Waals surface area contributed by atoms with Crippen molar-refractivity contribution >= 4 is 11.6 Å². The fourth-order valence-electron chi connectivity index (χ4n) is 2.57. The maximum Gasteiger partial charge on any atom is 0.416 e. The molecule has 1 fully saturated rings. The van der Waals surface area contributed by atoms with E-state index in [0.29, 0.717) is 6.54 Å². The van der Waals surface area contributed by atoms with Gasteiger partial charge < -0.3 is 15.4 Å². The van der Waals surface area contributed by atoms with Crippen molar-refractivity contribution in [3.05, 3.63) is 17.7 Å². The quantitative estimate of drug-likeness (QED) is 0.589. The van der Waals surface area contributed by atoms with Crippen molar-refractivity contribution in [2.24, 2.45) is 5.84 Å². The molecule has 2 rings (SSSR count). The van der Waals surface area contributed by atoms with Gasteiger partial charge in [-0.2, -0.15) is 13.2 Å². The lowest BCUT2D eigenvalue weighted by Gasteiger charge is -2.30. The summed E-state index contributed by atoms with van der Waals surface area (Å²) >= 11 is 0. The molecule has 0 saturated carbocycles. The summed E-state index contributed by atoms with van der Waals surface area (Å²) in [4.78, 5) is 5.85. The van der Waals surface area contributed by atoms with Crippen LogP contribution in [0.25, 0.3) is 0 Å². The molecule has 1 aliphatic rings. The van der Waals surface area contributed by atoms with E-state index in [-0.39, 0.29) is 24.3 Å².